The maximum Gasteiger partial charge on any atom is 0.0786 e. The zero-order valence-corrected chi connectivity index (χ0v) is 27.1. The van der Waals surface area contributed by atoms with Gasteiger partial charge in [0.05, 0.1) is 26.2 Å². The van der Waals surface area contributed by atoms with Gasteiger partial charge in [0, 0.05) is 0 Å². The van der Waals surface area contributed by atoms with Gasteiger partial charge in [-0.25, -0.2) is 0 Å². The highest BCUT2D eigenvalue weighted by molar-refractivity contribution is 4.55. The van der Waals surface area contributed by atoms with Crippen LogP contribution in [0.15, 0.2) is 0 Å². The van der Waals surface area contributed by atoms with Gasteiger partial charge in [-0.1, -0.05) is 156 Å². The minimum atomic E-state index is 1.37. The van der Waals surface area contributed by atoms with E-state index in [1.807, 2.05) is 0 Å². The van der Waals surface area contributed by atoms with E-state index in [0.29, 0.717) is 0 Å². The van der Waals surface area contributed by atoms with E-state index < -0.39 is 0 Å². The van der Waals surface area contributed by atoms with E-state index in [1.54, 1.807) is 0 Å². The number of nitrogens with zero attached hydrogens (tertiary/aromatic N) is 1. The first-order valence-corrected chi connectivity index (χ1v) is 18.1. The van der Waals surface area contributed by atoms with Gasteiger partial charge in [-0.3, -0.25) is 0 Å². The molecule has 37 heavy (non-hydrogen) atoms. The van der Waals surface area contributed by atoms with Gasteiger partial charge >= 0.3 is 0 Å². The summed E-state index contributed by atoms with van der Waals surface area (Å²) in [5, 5.41) is 0. The Kier molecular flexibility index (Phi) is 30.5. The second kappa shape index (κ2) is 30.5. The first-order chi connectivity index (χ1) is 18.2. The molecule has 0 bridgehead atoms. The molecule has 0 aliphatic heterocycles. The van der Waals surface area contributed by atoms with Gasteiger partial charge in [-0.2, -0.15) is 0 Å². The quantitative estimate of drug-likeness (QED) is 0.0608. The summed E-state index contributed by atoms with van der Waals surface area (Å²) in [5.74, 6) is 0. The van der Waals surface area contributed by atoms with Crippen LogP contribution in [0.1, 0.15) is 207 Å². The fourth-order valence-electron chi connectivity index (χ4n) is 6.29. The van der Waals surface area contributed by atoms with Crippen LogP contribution in [0.4, 0.5) is 0 Å². The third-order valence-electron chi connectivity index (χ3n) is 8.94. The first-order valence-electron chi connectivity index (χ1n) is 18.1. The highest BCUT2D eigenvalue weighted by atomic mass is 15.3. The van der Waals surface area contributed by atoms with Gasteiger partial charge in [0.15, 0.2) is 0 Å². The fourth-order valence-corrected chi connectivity index (χ4v) is 6.29. The molecular weight excluding hydrogens is 446 g/mol. The predicted octanol–water partition coefficient (Wildman–Crippen LogP) is 12.8. The van der Waals surface area contributed by atoms with Gasteiger partial charge in [-0.05, 0) is 51.4 Å². The minimum absolute atomic E-state index is 1.37. The van der Waals surface area contributed by atoms with E-state index >= 15 is 0 Å². The largest absolute Gasteiger partial charge is 0.324 e. The van der Waals surface area contributed by atoms with E-state index in [4.69, 9.17) is 0 Å². The summed E-state index contributed by atoms with van der Waals surface area (Å²) in [6, 6.07) is 0. The van der Waals surface area contributed by atoms with Crippen LogP contribution in [0.3, 0.4) is 0 Å². The summed E-state index contributed by atoms with van der Waals surface area (Å²) in [6.07, 6.45) is 40.8. The Bertz CT molecular complexity index is 367. The third kappa shape index (κ3) is 26.0. The molecule has 224 valence electrons. The Morgan fingerprint density at radius 1 is 0.216 bits per heavy atom. The van der Waals surface area contributed by atoms with Crippen molar-refractivity contribution in [2.75, 3.05) is 26.2 Å². The van der Waals surface area contributed by atoms with Crippen molar-refractivity contribution in [2.45, 2.75) is 207 Å². The zero-order valence-electron chi connectivity index (χ0n) is 27.1. The lowest BCUT2D eigenvalue weighted by Gasteiger charge is -2.40. The number of hydrogen-bond donors (Lipinski definition) is 0. The molecule has 0 aliphatic rings. The van der Waals surface area contributed by atoms with E-state index in [1.165, 1.54) is 210 Å². The Hall–Kier alpha value is -0.0400. The molecule has 0 aromatic rings. The second-order valence-electron chi connectivity index (χ2n) is 12.7. The first kappa shape index (κ1) is 37.0. The standard InChI is InChI=1S/C36H76N/c1-5-9-13-17-18-19-20-21-22-23-24-28-32-36-37(33-29-25-14-10-6-2,34-30-26-15-11-7-3)35-31-27-16-12-8-4/h5-36H2,1-4H3/q+1. The molecule has 1 heteroatoms. The molecule has 0 N–H and O–H groups in total. The summed E-state index contributed by atoms with van der Waals surface area (Å²) in [7, 11) is 0. The number of unbranched alkanes of at least 4 members (excludes halogenated alkanes) is 24. The summed E-state index contributed by atoms with van der Waals surface area (Å²) >= 11 is 0. The molecule has 0 rings (SSSR count). The lowest BCUT2D eigenvalue weighted by molar-refractivity contribution is -0.929. The Morgan fingerprint density at radius 3 is 0.568 bits per heavy atom. The minimum Gasteiger partial charge on any atom is -0.324 e. The van der Waals surface area contributed by atoms with Crippen LogP contribution in [0.25, 0.3) is 0 Å². The van der Waals surface area contributed by atoms with Crippen LogP contribution in [-0.2, 0) is 0 Å². The summed E-state index contributed by atoms with van der Waals surface area (Å²) in [5.41, 5.74) is 0. The van der Waals surface area contributed by atoms with Crippen LogP contribution < -0.4 is 0 Å². The van der Waals surface area contributed by atoms with Crippen molar-refractivity contribution in [1.82, 2.24) is 0 Å². The average molecular weight is 523 g/mol. The predicted molar refractivity (Wildman–Crippen MR) is 172 cm³/mol. The van der Waals surface area contributed by atoms with Crippen molar-refractivity contribution in [3.05, 3.63) is 0 Å². The smallest absolute Gasteiger partial charge is 0.0786 e. The van der Waals surface area contributed by atoms with Crippen molar-refractivity contribution in [3.63, 3.8) is 0 Å². The monoisotopic (exact) mass is 523 g/mol. The van der Waals surface area contributed by atoms with Crippen molar-refractivity contribution in [1.29, 1.82) is 0 Å². The van der Waals surface area contributed by atoms with Crippen molar-refractivity contribution < 1.29 is 4.48 Å². The topological polar surface area (TPSA) is 0 Å². The SMILES string of the molecule is CCCCCCCCCCCCCCC[N+](CCCCCCC)(CCCCCCC)CCCCCCC. The van der Waals surface area contributed by atoms with Crippen molar-refractivity contribution >= 4 is 0 Å². The maximum atomic E-state index is 2.35. The van der Waals surface area contributed by atoms with Crippen molar-refractivity contribution in [2.24, 2.45) is 0 Å². The van der Waals surface area contributed by atoms with Gasteiger partial charge in [0.25, 0.3) is 0 Å². The van der Waals surface area contributed by atoms with Gasteiger partial charge < -0.3 is 4.48 Å². The molecule has 0 amide bonds. The second-order valence-corrected chi connectivity index (χ2v) is 12.7. The molecule has 0 atom stereocenters. The third-order valence-corrected chi connectivity index (χ3v) is 8.94. The molecule has 0 aromatic carbocycles. The molecule has 0 spiro atoms. The highest BCUT2D eigenvalue weighted by Crippen LogP contribution is 2.21. The molecule has 0 radical (unpaired) electrons. The number of hydrogen-bond acceptors (Lipinski definition) is 0. The molecule has 0 aliphatic carbocycles. The van der Waals surface area contributed by atoms with E-state index in [-0.39, 0.29) is 0 Å². The molecule has 0 fully saturated rings. The van der Waals surface area contributed by atoms with E-state index in [2.05, 4.69) is 27.7 Å². The van der Waals surface area contributed by atoms with Crippen LogP contribution in [-0.4, -0.2) is 30.7 Å². The maximum absolute atomic E-state index is 2.35. The van der Waals surface area contributed by atoms with Crippen molar-refractivity contribution in [3.8, 4) is 0 Å². The lowest BCUT2D eigenvalue weighted by Crippen LogP contribution is -2.50. The van der Waals surface area contributed by atoms with Crippen LogP contribution in [0.2, 0.25) is 0 Å². The van der Waals surface area contributed by atoms with Gasteiger partial charge in [0.2, 0.25) is 0 Å². The van der Waals surface area contributed by atoms with E-state index in [0.717, 1.165) is 0 Å². The van der Waals surface area contributed by atoms with Crippen LogP contribution >= 0.6 is 0 Å². The molecule has 0 heterocycles. The summed E-state index contributed by atoms with van der Waals surface area (Å²) < 4.78 is 1.47. The van der Waals surface area contributed by atoms with Crippen LogP contribution in [0.5, 0.6) is 0 Å². The Balaban J connectivity index is 4.45. The molecular formula is C36H76N+. The highest BCUT2D eigenvalue weighted by Gasteiger charge is 2.25. The average Bonchev–Trinajstić information content (AvgIpc) is 2.91. The zero-order chi connectivity index (χ0) is 27.1. The fraction of sp³-hybridized carbons (Fsp3) is 1.00. The normalized spacial score (nSPS) is 12.0. The Morgan fingerprint density at radius 2 is 0.378 bits per heavy atom. The van der Waals surface area contributed by atoms with Crippen LogP contribution in [0, 0.1) is 0 Å². The van der Waals surface area contributed by atoms with Gasteiger partial charge in [0.1, 0.15) is 0 Å². The molecule has 0 unspecified atom stereocenters. The summed E-state index contributed by atoms with van der Waals surface area (Å²) in [4.78, 5) is 0. The molecule has 0 saturated carbocycles. The molecule has 1 nitrogen and oxygen atoms in total. The molecule has 0 saturated heterocycles. The number of quaternary nitrogens is 1. The van der Waals surface area contributed by atoms with E-state index in [9.17, 15) is 0 Å². The lowest BCUT2D eigenvalue weighted by atomic mass is 10.0. The summed E-state index contributed by atoms with van der Waals surface area (Å²) in [6.45, 7) is 15.3. The number of rotatable bonds is 32. The Labute approximate surface area is 237 Å². The molecule has 0 aromatic heterocycles. The van der Waals surface area contributed by atoms with Gasteiger partial charge in [-0.15, -0.1) is 0 Å².